The van der Waals surface area contributed by atoms with Crippen LogP contribution < -0.4 is 16.0 Å². The smallest absolute Gasteiger partial charge is 0.253 e. The molecule has 5 nitrogen and oxygen atoms in total. The molecule has 1 fully saturated rings. The summed E-state index contributed by atoms with van der Waals surface area (Å²) in [5.74, 6) is -0.254. The lowest BCUT2D eigenvalue weighted by atomic mass is 9.95. The molecule has 1 saturated carbocycles. The first-order chi connectivity index (χ1) is 11.7. The van der Waals surface area contributed by atoms with Crippen molar-refractivity contribution >= 4 is 29.1 Å². The zero-order valence-electron chi connectivity index (χ0n) is 15.2. The van der Waals surface area contributed by atoms with Gasteiger partial charge in [-0.15, -0.1) is 0 Å². The van der Waals surface area contributed by atoms with Gasteiger partial charge < -0.3 is 16.0 Å². The Labute approximate surface area is 154 Å². The van der Waals surface area contributed by atoms with E-state index in [1.807, 2.05) is 20.8 Å². The van der Waals surface area contributed by atoms with Gasteiger partial charge in [-0.1, -0.05) is 30.9 Å². The average Bonchev–Trinajstić information content (AvgIpc) is 2.53. The van der Waals surface area contributed by atoms with E-state index in [0.717, 1.165) is 25.7 Å². The van der Waals surface area contributed by atoms with Gasteiger partial charge >= 0.3 is 0 Å². The number of nitrogens with one attached hydrogen (secondary N) is 3. The minimum Gasteiger partial charge on any atom is -0.376 e. The number of hydrogen-bond donors (Lipinski definition) is 3. The van der Waals surface area contributed by atoms with Crippen molar-refractivity contribution in [1.29, 1.82) is 0 Å². The maximum Gasteiger partial charge on any atom is 0.253 e. The second kappa shape index (κ2) is 8.56. The summed E-state index contributed by atoms with van der Waals surface area (Å²) in [6, 6.07) is 5.38. The zero-order valence-corrected chi connectivity index (χ0v) is 16.0. The Morgan fingerprint density at radius 1 is 1.16 bits per heavy atom. The first-order valence-corrected chi connectivity index (χ1v) is 9.28. The Morgan fingerprint density at radius 2 is 1.84 bits per heavy atom. The first kappa shape index (κ1) is 19.6. The van der Waals surface area contributed by atoms with Crippen LogP contribution in [-0.4, -0.2) is 29.9 Å². The van der Waals surface area contributed by atoms with Gasteiger partial charge in [0.1, 0.15) is 0 Å². The monoisotopic (exact) mass is 365 g/mol. The third-order valence-corrected chi connectivity index (χ3v) is 4.45. The van der Waals surface area contributed by atoms with Crippen LogP contribution in [0.15, 0.2) is 18.2 Å². The largest absolute Gasteiger partial charge is 0.376 e. The number of amides is 2. The van der Waals surface area contributed by atoms with Crippen molar-refractivity contribution in [2.75, 3.05) is 11.9 Å². The summed E-state index contributed by atoms with van der Waals surface area (Å²) in [7, 11) is 0. The lowest BCUT2D eigenvalue weighted by Crippen LogP contribution is -2.43. The highest BCUT2D eigenvalue weighted by atomic mass is 35.5. The number of hydrogen-bond acceptors (Lipinski definition) is 3. The van der Waals surface area contributed by atoms with Crippen LogP contribution in [-0.2, 0) is 4.79 Å². The van der Waals surface area contributed by atoms with Crippen molar-refractivity contribution in [3.05, 3.63) is 28.8 Å². The molecule has 6 heteroatoms. The van der Waals surface area contributed by atoms with Gasteiger partial charge in [0.25, 0.3) is 5.91 Å². The highest BCUT2D eigenvalue weighted by molar-refractivity contribution is 6.34. The molecule has 3 N–H and O–H groups in total. The molecule has 0 heterocycles. The van der Waals surface area contributed by atoms with E-state index in [1.165, 1.54) is 6.42 Å². The van der Waals surface area contributed by atoms with E-state index in [9.17, 15) is 9.59 Å². The van der Waals surface area contributed by atoms with Gasteiger partial charge in [0.15, 0.2) is 0 Å². The van der Waals surface area contributed by atoms with Crippen molar-refractivity contribution in [3.63, 3.8) is 0 Å². The molecule has 0 aliphatic heterocycles. The lowest BCUT2D eigenvalue weighted by molar-refractivity contribution is -0.120. The van der Waals surface area contributed by atoms with Crippen LogP contribution >= 0.6 is 11.6 Å². The van der Waals surface area contributed by atoms with Gasteiger partial charge in [-0.3, -0.25) is 9.59 Å². The van der Waals surface area contributed by atoms with Crippen molar-refractivity contribution in [2.24, 2.45) is 0 Å². The number of carbonyl (C=O) groups excluding carboxylic acids is 2. The highest BCUT2D eigenvalue weighted by Gasteiger charge is 2.19. The number of carbonyl (C=O) groups is 2. The van der Waals surface area contributed by atoms with Crippen molar-refractivity contribution in [2.45, 2.75) is 64.5 Å². The summed E-state index contributed by atoms with van der Waals surface area (Å²) < 4.78 is 0. The third kappa shape index (κ3) is 6.58. The van der Waals surface area contributed by atoms with E-state index in [-0.39, 0.29) is 29.9 Å². The fourth-order valence-electron chi connectivity index (χ4n) is 2.96. The summed E-state index contributed by atoms with van der Waals surface area (Å²) in [6.45, 7) is 5.94. The Hall–Kier alpha value is -1.75. The van der Waals surface area contributed by atoms with E-state index in [2.05, 4.69) is 16.0 Å². The molecule has 0 radical (unpaired) electrons. The lowest BCUT2D eigenvalue weighted by Gasteiger charge is -2.23. The highest BCUT2D eigenvalue weighted by Crippen LogP contribution is 2.22. The van der Waals surface area contributed by atoms with Crippen LogP contribution in [0.2, 0.25) is 5.02 Å². The fourth-order valence-corrected chi connectivity index (χ4v) is 3.17. The van der Waals surface area contributed by atoms with Gasteiger partial charge in [0, 0.05) is 17.3 Å². The van der Waals surface area contributed by atoms with E-state index in [0.29, 0.717) is 16.3 Å². The second-order valence-electron chi connectivity index (χ2n) is 7.65. The van der Waals surface area contributed by atoms with Crippen molar-refractivity contribution in [1.82, 2.24) is 10.6 Å². The molecule has 0 spiro atoms. The second-order valence-corrected chi connectivity index (χ2v) is 8.06. The molecule has 1 aromatic carbocycles. The van der Waals surface area contributed by atoms with Crippen LogP contribution in [0.25, 0.3) is 0 Å². The van der Waals surface area contributed by atoms with Gasteiger partial charge in [-0.05, 0) is 51.8 Å². The number of anilines is 1. The molecule has 2 amide bonds. The molecular weight excluding hydrogens is 338 g/mol. The molecule has 2 rings (SSSR count). The van der Waals surface area contributed by atoms with Crippen molar-refractivity contribution in [3.8, 4) is 0 Å². The predicted octanol–water partition coefficient (Wildman–Crippen LogP) is 3.73. The molecule has 0 atom stereocenters. The third-order valence-electron chi connectivity index (χ3n) is 4.12. The molecular formula is C19H28ClN3O2. The zero-order chi connectivity index (χ0) is 18.4. The van der Waals surface area contributed by atoms with Crippen molar-refractivity contribution < 1.29 is 9.59 Å². The van der Waals surface area contributed by atoms with Gasteiger partial charge in [-0.25, -0.2) is 0 Å². The molecule has 1 aromatic rings. The number of rotatable bonds is 5. The van der Waals surface area contributed by atoms with Crippen LogP contribution in [0, 0.1) is 0 Å². The molecule has 138 valence electrons. The number of benzene rings is 1. The average molecular weight is 366 g/mol. The standard InChI is InChI=1S/C19H28ClN3O2/c1-19(2,3)23-17(24)12-21-14-9-10-16(20)15(11-14)18(25)22-13-7-5-4-6-8-13/h9-11,13,21H,4-8,12H2,1-3H3,(H,22,25)(H,23,24). The summed E-state index contributed by atoms with van der Waals surface area (Å²) in [5.41, 5.74) is 0.861. The molecule has 0 unspecified atom stereocenters. The first-order valence-electron chi connectivity index (χ1n) is 8.90. The molecule has 0 saturated heterocycles. The van der Waals surface area contributed by atoms with E-state index in [4.69, 9.17) is 11.6 Å². The van der Waals surface area contributed by atoms with E-state index in [1.54, 1.807) is 18.2 Å². The quantitative estimate of drug-likeness (QED) is 0.744. The summed E-state index contributed by atoms with van der Waals surface area (Å²) in [4.78, 5) is 24.4. The molecule has 0 bridgehead atoms. The minimum atomic E-state index is -0.274. The predicted molar refractivity (Wildman–Crippen MR) is 102 cm³/mol. The van der Waals surface area contributed by atoms with Gasteiger partial charge in [0.2, 0.25) is 5.91 Å². The van der Waals surface area contributed by atoms with Gasteiger partial charge in [-0.2, -0.15) is 0 Å². The summed E-state index contributed by atoms with van der Waals surface area (Å²) >= 11 is 6.19. The van der Waals surface area contributed by atoms with Crippen LogP contribution in [0.4, 0.5) is 5.69 Å². The Bertz CT molecular complexity index is 620. The van der Waals surface area contributed by atoms with Crippen LogP contribution in [0.3, 0.4) is 0 Å². The fraction of sp³-hybridized carbons (Fsp3) is 0.579. The number of halogens is 1. The maximum atomic E-state index is 12.5. The molecule has 1 aliphatic carbocycles. The van der Waals surface area contributed by atoms with E-state index >= 15 is 0 Å². The Morgan fingerprint density at radius 3 is 2.48 bits per heavy atom. The maximum absolute atomic E-state index is 12.5. The van der Waals surface area contributed by atoms with Crippen LogP contribution in [0.5, 0.6) is 0 Å². The molecule has 25 heavy (non-hydrogen) atoms. The summed E-state index contributed by atoms with van der Waals surface area (Å²) in [5, 5.41) is 9.41. The topological polar surface area (TPSA) is 70.2 Å². The summed E-state index contributed by atoms with van der Waals surface area (Å²) in [6.07, 6.45) is 5.60. The Balaban J connectivity index is 1.96. The molecule has 1 aliphatic rings. The Kier molecular flexibility index (Phi) is 6.71. The van der Waals surface area contributed by atoms with Crippen LogP contribution in [0.1, 0.15) is 63.2 Å². The van der Waals surface area contributed by atoms with Gasteiger partial charge in [0.05, 0.1) is 17.1 Å². The molecule has 0 aromatic heterocycles. The minimum absolute atomic E-state index is 0.101. The van der Waals surface area contributed by atoms with E-state index < -0.39 is 0 Å². The SMILES string of the molecule is CC(C)(C)NC(=O)CNc1ccc(Cl)c(C(=O)NC2CCCCC2)c1. The normalized spacial score (nSPS) is 15.5.